The lowest BCUT2D eigenvalue weighted by Gasteiger charge is -2.21. The van der Waals surface area contributed by atoms with Gasteiger partial charge in [-0.2, -0.15) is 0 Å². The number of halogens is 1. The number of benzene rings is 1. The van der Waals surface area contributed by atoms with Gasteiger partial charge in [0.25, 0.3) is 0 Å². The Morgan fingerprint density at radius 2 is 2.26 bits per heavy atom. The van der Waals surface area contributed by atoms with Gasteiger partial charge in [0, 0.05) is 17.2 Å². The van der Waals surface area contributed by atoms with Gasteiger partial charge in [-0.1, -0.05) is 0 Å². The van der Waals surface area contributed by atoms with E-state index < -0.39 is 0 Å². The summed E-state index contributed by atoms with van der Waals surface area (Å²) in [5.74, 6) is 0.0676. The first kappa shape index (κ1) is 14.5. The third kappa shape index (κ3) is 2.69. The second-order valence-corrected chi connectivity index (χ2v) is 6.12. The number of hydrogen-bond acceptors (Lipinski definition) is 2. The third-order valence-corrected chi connectivity index (χ3v) is 4.24. The van der Waals surface area contributed by atoms with Crippen LogP contribution >= 0.6 is 34.8 Å². The minimum atomic E-state index is -0.300. The Morgan fingerprint density at radius 3 is 2.89 bits per heavy atom. The highest BCUT2D eigenvalue weighted by molar-refractivity contribution is 14.1. The summed E-state index contributed by atoms with van der Waals surface area (Å²) in [7, 11) is 1.81. The number of imidazole rings is 1. The molecule has 0 fully saturated rings. The molecule has 2 aromatic rings. The van der Waals surface area contributed by atoms with Crippen molar-refractivity contribution in [1.29, 1.82) is 0 Å². The van der Waals surface area contributed by atoms with Crippen LogP contribution in [0.1, 0.15) is 19.9 Å². The van der Waals surface area contributed by atoms with Crippen LogP contribution < -0.4 is 0 Å². The molecule has 1 amide bonds. The predicted octanol–water partition coefficient (Wildman–Crippen LogP) is 3.34. The number of hydrogen-bond donors (Lipinski definition) is 1. The normalized spacial score (nSPS) is 12.6. The van der Waals surface area contributed by atoms with Gasteiger partial charge >= 0.3 is 0 Å². The van der Waals surface area contributed by atoms with Gasteiger partial charge in [-0.15, -0.1) is 0 Å². The van der Waals surface area contributed by atoms with Crippen molar-refractivity contribution in [3.63, 3.8) is 0 Å². The Morgan fingerprint density at radius 1 is 1.58 bits per heavy atom. The molecule has 0 spiro atoms. The van der Waals surface area contributed by atoms with Gasteiger partial charge in [-0.3, -0.25) is 4.79 Å². The average Bonchev–Trinajstić information content (AvgIpc) is 2.71. The first-order valence-corrected chi connectivity index (χ1v) is 7.59. The largest absolute Gasteiger partial charge is 0.344 e. The Hall–Kier alpha value is -0.890. The van der Waals surface area contributed by atoms with Gasteiger partial charge in [0.2, 0.25) is 5.91 Å². The van der Waals surface area contributed by atoms with E-state index in [9.17, 15) is 4.79 Å². The summed E-state index contributed by atoms with van der Waals surface area (Å²) in [5, 5.41) is 0. The topological polar surface area (TPSA) is 41.0 Å². The molecule has 1 heterocycles. The molecule has 0 bridgehead atoms. The number of nitrogens with one attached hydrogen (secondary N) is 1. The Labute approximate surface area is 130 Å². The van der Waals surface area contributed by atoms with E-state index in [0.717, 1.165) is 14.6 Å². The fraction of sp³-hybridized carbons (Fsp3) is 0.385. The highest BCUT2D eigenvalue weighted by Gasteiger charge is 2.20. The van der Waals surface area contributed by atoms with Crippen molar-refractivity contribution < 1.29 is 4.79 Å². The summed E-state index contributed by atoms with van der Waals surface area (Å²) < 4.78 is 3.61. The SMILES string of the molecule is CCN(C)C(=O)C(C)n1c(=S)[nH]c2cc(I)ccc21. The summed E-state index contributed by atoms with van der Waals surface area (Å²) in [6.07, 6.45) is 0. The van der Waals surface area contributed by atoms with E-state index >= 15 is 0 Å². The first-order chi connectivity index (χ1) is 8.95. The number of nitrogens with zero attached hydrogens (tertiary/aromatic N) is 2. The molecule has 6 heteroatoms. The van der Waals surface area contributed by atoms with E-state index in [0.29, 0.717) is 11.3 Å². The number of amides is 1. The minimum absolute atomic E-state index is 0.0676. The number of likely N-dealkylation sites (N-methyl/N-ethyl adjacent to an activating group) is 1. The quantitative estimate of drug-likeness (QED) is 0.646. The van der Waals surface area contributed by atoms with E-state index in [2.05, 4.69) is 27.6 Å². The predicted molar refractivity (Wildman–Crippen MR) is 87.9 cm³/mol. The van der Waals surface area contributed by atoms with Gasteiger partial charge in [0.1, 0.15) is 6.04 Å². The molecule has 2 rings (SSSR count). The highest BCUT2D eigenvalue weighted by atomic mass is 127. The average molecular weight is 389 g/mol. The Balaban J connectivity index is 2.53. The molecule has 0 saturated heterocycles. The number of rotatable bonds is 3. The number of fused-ring (bicyclic) bond motifs is 1. The van der Waals surface area contributed by atoms with Crippen molar-refractivity contribution in [3.8, 4) is 0 Å². The van der Waals surface area contributed by atoms with Gasteiger partial charge < -0.3 is 14.5 Å². The van der Waals surface area contributed by atoms with Crippen molar-refractivity contribution in [2.45, 2.75) is 19.9 Å². The van der Waals surface area contributed by atoms with Gasteiger partial charge in [0.15, 0.2) is 4.77 Å². The van der Waals surface area contributed by atoms with Crippen molar-refractivity contribution in [2.75, 3.05) is 13.6 Å². The Bertz CT molecular complexity index is 676. The molecular weight excluding hydrogens is 373 g/mol. The second kappa shape index (κ2) is 5.62. The lowest BCUT2D eigenvalue weighted by Crippen LogP contribution is -2.32. The van der Waals surface area contributed by atoms with Crippen molar-refractivity contribution in [1.82, 2.24) is 14.5 Å². The van der Waals surface area contributed by atoms with Crippen LogP contribution in [0.3, 0.4) is 0 Å². The molecule has 1 atom stereocenters. The summed E-state index contributed by atoms with van der Waals surface area (Å²) in [4.78, 5) is 17.1. The standard InChI is InChI=1S/C13H16IN3OS/c1-4-16(3)12(18)8(2)17-11-6-5-9(14)7-10(11)15-13(17)19/h5-8H,4H2,1-3H3,(H,15,19). The molecule has 102 valence electrons. The van der Waals surface area contributed by atoms with Crippen LogP contribution in [0.4, 0.5) is 0 Å². The van der Waals surface area contributed by atoms with Crippen LogP contribution in [-0.2, 0) is 4.79 Å². The number of aromatic amines is 1. The van der Waals surface area contributed by atoms with Crippen LogP contribution in [-0.4, -0.2) is 34.0 Å². The molecule has 19 heavy (non-hydrogen) atoms. The smallest absolute Gasteiger partial charge is 0.245 e. The van der Waals surface area contributed by atoms with E-state index in [1.54, 1.807) is 11.9 Å². The van der Waals surface area contributed by atoms with Gasteiger partial charge in [-0.05, 0) is 66.9 Å². The molecule has 1 unspecified atom stereocenters. The van der Waals surface area contributed by atoms with Gasteiger partial charge in [0.05, 0.1) is 11.0 Å². The van der Waals surface area contributed by atoms with E-state index in [1.807, 2.05) is 36.6 Å². The van der Waals surface area contributed by atoms with Crippen LogP contribution in [0.15, 0.2) is 18.2 Å². The van der Waals surface area contributed by atoms with E-state index in [4.69, 9.17) is 12.2 Å². The zero-order valence-corrected chi connectivity index (χ0v) is 14.1. The van der Waals surface area contributed by atoms with Crippen molar-refractivity contribution >= 4 is 51.7 Å². The molecule has 0 aliphatic rings. The summed E-state index contributed by atoms with van der Waals surface area (Å²) >= 11 is 7.61. The Kier molecular flexibility index (Phi) is 4.29. The molecule has 0 aliphatic heterocycles. The number of carbonyl (C=O) groups is 1. The fourth-order valence-corrected chi connectivity index (χ4v) is 2.93. The lowest BCUT2D eigenvalue weighted by molar-refractivity contribution is -0.132. The first-order valence-electron chi connectivity index (χ1n) is 6.10. The summed E-state index contributed by atoms with van der Waals surface area (Å²) in [5.41, 5.74) is 1.94. The maximum atomic E-state index is 12.3. The summed E-state index contributed by atoms with van der Waals surface area (Å²) in [6.45, 7) is 4.54. The molecule has 0 saturated carbocycles. The maximum Gasteiger partial charge on any atom is 0.245 e. The monoisotopic (exact) mass is 389 g/mol. The zero-order valence-electron chi connectivity index (χ0n) is 11.1. The second-order valence-electron chi connectivity index (χ2n) is 4.49. The van der Waals surface area contributed by atoms with E-state index in [-0.39, 0.29) is 11.9 Å². The van der Waals surface area contributed by atoms with Crippen LogP contribution in [0.2, 0.25) is 0 Å². The lowest BCUT2D eigenvalue weighted by atomic mass is 10.2. The molecule has 1 N–H and O–H groups in total. The van der Waals surface area contributed by atoms with Crippen molar-refractivity contribution in [2.24, 2.45) is 0 Å². The molecule has 4 nitrogen and oxygen atoms in total. The van der Waals surface area contributed by atoms with Crippen LogP contribution in [0, 0.1) is 8.34 Å². The van der Waals surface area contributed by atoms with Crippen LogP contribution in [0.5, 0.6) is 0 Å². The van der Waals surface area contributed by atoms with Crippen LogP contribution in [0.25, 0.3) is 11.0 Å². The fourth-order valence-electron chi connectivity index (χ4n) is 2.07. The molecular formula is C13H16IN3OS. The van der Waals surface area contributed by atoms with Crippen molar-refractivity contribution in [3.05, 3.63) is 26.5 Å². The zero-order chi connectivity index (χ0) is 14.2. The maximum absolute atomic E-state index is 12.3. The third-order valence-electron chi connectivity index (χ3n) is 3.27. The molecule has 0 radical (unpaired) electrons. The number of aromatic nitrogens is 2. The molecule has 1 aromatic heterocycles. The number of H-pyrrole nitrogens is 1. The highest BCUT2D eigenvalue weighted by Crippen LogP contribution is 2.22. The molecule has 1 aromatic carbocycles. The number of carbonyl (C=O) groups excluding carboxylic acids is 1. The summed E-state index contributed by atoms with van der Waals surface area (Å²) in [6, 6.07) is 5.75. The van der Waals surface area contributed by atoms with E-state index in [1.165, 1.54) is 0 Å². The minimum Gasteiger partial charge on any atom is -0.344 e. The molecule has 0 aliphatic carbocycles. The van der Waals surface area contributed by atoms with Gasteiger partial charge in [-0.25, -0.2) is 0 Å².